The van der Waals surface area contributed by atoms with Crippen LogP contribution in [0.15, 0.2) is 30.3 Å². The molecule has 1 aromatic carbocycles. The van der Waals surface area contributed by atoms with Gasteiger partial charge in [0.25, 0.3) is 0 Å². The Morgan fingerprint density at radius 2 is 1.82 bits per heavy atom. The maximum Gasteiger partial charge on any atom is 0.411 e. The summed E-state index contributed by atoms with van der Waals surface area (Å²) in [6.07, 6.45) is -3.81. The third-order valence-electron chi connectivity index (χ3n) is 2.05. The Bertz CT molecular complexity index is 347. The highest BCUT2D eigenvalue weighted by atomic mass is 19.4. The molecule has 0 atom stereocenters. The molecule has 5 heteroatoms. The molecule has 0 aromatic heterocycles. The lowest BCUT2D eigenvalue weighted by molar-refractivity contribution is -0.173. The monoisotopic (exact) mass is 246 g/mol. The molecule has 0 bridgehead atoms. The van der Waals surface area contributed by atoms with E-state index in [9.17, 15) is 18.0 Å². The highest BCUT2D eigenvalue weighted by Gasteiger charge is 2.27. The Morgan fingerprint density at radius 1 is 1.18 bits per heavy atom. The summed E-state index contributed by atoms with van der Waals surface area (Å²) in [5.41, 5.74) is 0.573. The van der Waals surface area contributed by atoms with Gasteiger partial charge in [-0.15, -0.1) is 0 Å². The van der Waals surface area contributed by atoms with Crippen molar-refractivity contribution in [1.82, 2.24) is 0 Å². The standard InChI is InChI=1S/C12H13F3O2/c13-12(14,15)9-17-8-4-7-11(16)10-5-2-1-3-6-10/h1-3,5-6H,4,7-9H2. The fraction of sp³-hybridized carbons (Fsp3) is 0.417. The summed E-state index contributed by atoms with van der Waals surface area (Å²) >= 11 is 0. The van der Waals surface area contributed by atoms with Crippen LogP contribution in [0.2, 0.25) is 0 Å². The van der Waals surface area contributed by atoms with Gasteiger partial charge in [0.05, 0.1) is 0 Å². The van der Waals surface area contributed by atoms with Gasteiger partial charge in [-0.3, -0.25) is 4.79 Å². The predicted octanol–water partition coefficient (Wildman–Crippen LogP) is 3.23. The fourth-order valence-electron chi connectivity index (χ4n) is 1.29. The molecule has 0 saturated carbocycles. The minimum Gasteiger partial charge on any atom is -0.372 e. The number of halogens is 3. The van der Waals surface area contributed by atoms with Crippen LogP contribution in [-0.4, -0.2) is 25.2 Å². The molecule has 0 unspecified atom stereocenters. The minimum atomic E-state index is -4.30. The lowest BCUT2D eigenvalue weighted by atomic mass is 10.1. The van der Waals surface area contributed by atoms with Crippen molar-refractivity contribution in [3.05, 3.63) is 35.9 Å². The Labute approximate surface area is 97.4 Å². The van der Waals surface area contributed by atoms with Crippen LogP contribution in [0, 0.1) is 0 Å². The number of alkyl halides is 3. The molecule has 94 valence electrons. The molecular formula is C12H13F3O2. The van der Waals surface area contributed by atoms with Gasteiger partial charge in [0, 0.05) is 18.6 Å². The van der Waals surface area contributed by atoms with Crippen molar-refractivity contribution in [2.75, 3.05) is 13.2 Å². The van der Waals surface area contributed by atoms with Gasteiger partial charge in [0.15, 0.2) is 5.78 Å². The van der Waals surface area contributed by atoms with Gasteiger partial charge in [-0.05, 0) is 6.42 Å². The molecule has 0 amide bonds. The summed E-state index contributed by atoms with van der Waals surface area (Å²) in [4.78, 5) is 11.5. The fourth-order valence-corrected chi connectivity index (χ4v) is 1.29. The first-order valence-corrected chi connectivity index (χ1v) is 5.22. The zero-order chi connectivity index (χ0) is 12.7. The van der Waals surface area contributed by atoms with Crippen molar-refractivity contribution in [3.8, 4) is 0 Å². The lowest BCUT2D eigenvalue weighted by Crippen LogP contribution is -2.17. The van der Waals surface area contributed by atoms with Crippen molar-refractivity contribution in [3.63, 3.8) is 0 Å². The van der Waals surface area contributed by atoms with Crippen LogP contribution < -0.4 is 0 Å². The Balaban J connectivity index is 2.18. The molecular weight excluding hydrogens is 233 g/mol. The number of rotatable bonds is 6. The van der Waals surface area contributed by atoms with E-state index in [1.165, 1.54) is 0 Å². The summed E-state index contributed by atoms with van der Waals surface area (Å²) in [6, 6.07) is 8.64. The first-order valence-electron chi connectivity index (χ1n) is 5.22. The van der Waals surface area contributed by atoms with Gasteiger partial charge in [0.1, 0.15) is 6.61 Å². The molecule has 17 heavy (non-hydrogen) atoms. The first kappa shape index (κ1) is 13.7. The third-order valence-corrected chi connectivity index (χ3v) is 2.05. The minimum absolute atomic E-state index is 0.0575. The zero-order valence-corrected chi connectivity index (χ0v) is 9.17. The normalized spacial score (nSPS) is 11.5. The molecule has 0 aliphatic carbocycles. The first-order chi connectivity index (χ1) is 7.99. The van der Waals surface area contributed by atoms with Gasteiger partial charge in [0.2, 0.25) is 0 Å². The Hall–Kier alpha value is -1.36. The van der Waals surface area contributed by atoms with Crippen molar-refractivity contribution < 1.29 is 22.7 Å². The average Bonchev–Trinajstić information content (AvgIpc) is 2.28. The molecule has 0 spiro atoms. The maximum absolute atomic E-state index is 11.7. The summed E-state index contributed by atoms with van der Waals surface area (Å²) in [5.74, 6) is -0.0822. The number of benzene rings is 1. The number of carbonyl (C=O) groups is 1. The highest BCUT2D eigenvalue weighted by molar-refractivity contribution is 5.95. The van der Waals surface area contributed by atoms with Gasteiger partial charge in [-0.2, -0.15) is 13.2 Å². The molecule has 0 fully saturated rings. The smallest absolute Gasteiger partial charge is 0.372 e. The second kappa shape index (κ2) is 6.39. The van der Waals surface area contributed by atoms with Crippen molar-refractivity contribution in [2.24, 2.45) is 0 Å². The largest absolute Gasteiger partial charge is 0.411 e. The van der Waals surface area contributed by atoms with E-state index in [0.29, 0.717) is 12.0 Å². The summed E-state index contributed by atoms with van der Waals surface area (Å²) in [7, 11) is 0. The van der Waals surface area contributed by atoms with Crippen LogP contribution >= 0.6 is 0 Å². The molecule has 1 aromatic rings. The van der Waals surface area contributed by atoms with Gasteiger partial charge in [-0.25, -0.2) is 0 Å². The van der Waals surface area contributed by atoms with E-state index in [1.807, 2.05) is 0 Å². The van der Waals surface area contributed by atoms with Crippen LogP contribution in [0.4, 0.5) is 13.2 Å². The van der Waals surface area contributed by atoms with Crippen LogP contribution in [0.3, 0.4) is 0 Å². The number of Topliss-reactive ketones (excluding diaryl/α,β-unsaturated/α-hetero) is 1. The molecule has 0 N–H and O–H groups in total. The van der Waals surface area contributed by atoms with Gasteiger partial charge >= 0.3 is 6.18 Å². The molecule has 0 heterocycles. The summed E-state index contributed by atoms with van der Waals surface area (Å²) < 4.78 is 39.6. The third kappa shape index (κ3) is 6.06. The SMILES string of the molecule is O=C(CCCOCC(F)(F)F)c1ccccc1. The van der Waals surface area contributed by atoms with E-state index in [-0.39, 0.29) is 18.8 Å². The van der Waals surface area contributed by atoms with Crippen molar-refractivity contribution in [2.45, 2.75) is 19.0 Å². The number of hydrogen-bond donors (Lipinski definition) is 0. The lowest BCUT2D eigenvalue weighted by Gasteiger charge is -2.07. The number of ether oxygens (including phenoxy) is 1. The maximum atomic E-state index is 11.7. The highest BCUT2D eigenvalue weighted by Crippen LogP contribution is 2.14. The molecule has 0 aliphatic rings. The summed E-state index contributed by atoms with van der Waals surface area (Å²) in [6.45, 7) is -1.31. The Morgan fingerprint density at radius 3 is 2.41 bits per heavy atom. The van der Waals surface area contributed by atoms with Crippen LogP contribution in [-0.2, 0) is 4.74 Å². The molecule has 0 saturated heterocycles. The van der Waals surface area contributed by atoms with E-state index < -0.39 is 12.8 Å². The molecule has 0 radical (unpaired) electrons. The van der Waals surface area contributed by atoms with Gasteiger partial charge < -0.3 is 4.74 Å². The van der Waals surface area contributed by atoms with E-state index in [0.717, 1.165) is 0 Å². The average molecular weight is 246 g/mol. The van der Waals surface area contributed by atoms with E-state index in [4.69, 9.17) is 0 Å². The van der Waals surface area contributed by atoms with Crippen molar-refractivity contribution in [1.29, 1.82) is 0 Å². The summed E-state index contributed by atoms with van der Waals surface area (Å²) in [5, 5.41) is 0. The molecule has 0 aliphatic heterocycles. The zero-order valence-electron chi connectivity index (χ0n) is 9.17. The van der Waals surface area contributed by atoms with Crippen LogP contribution in [0.5, 0.6) is 0 Å². The molecule has 2 nitrogen and oxygen atoms in total. The van der Waals surface area contributed by atoms with E-state index in [2.05, 4.69) is 4.74 Å². The van der Waals surface area contributed by atoms with Crippen LogP contribution in [0.1, 0.15) is 23.2 Å². The van der Waals surface area contributed by atoms with E-state index >= 15 is 0 Å². The topological polar surface area (TPSA) is 26.3 Å². The van der Waals surface area contributed by atoms with Crippen LogP contribution in [0.25, 0.3) is 0 Å². The number of carbonyl (C=O) groups excluding carboxylic acids is 1. The molecule has 1 rings (SSSR count). The van der Waals surface area contributed by atoms with E-state index in [1.54, 1.807) is 30.3 Å². The number of hydrogen-bond acceptors (Lipinski definition) is 2. The second-order valence-electron chi connectivity index (χ2n) is 3.56. The van der Waals surface area contributed by atoms with Crippen molar-refractivity contribution >= 4 is 5.78 Å². The number of ketones is 1. The second-order valence-corrected chi connectivity index (χ2v) is 3.56. The van der Waals surface area contributed by atoms with Gasteiger partial charge in [-0.1, -0.05) is 30.3 Å². The quantitative estimate of drug-likeness (QED) is 0.569. The Kier molecular flexibility index (Phi) is 5.15. The predicted molar refractivity (Wildman–Crippen MR) is 56.9 cm³/mol.